The Labute approximate surface area is 151 Å². The van der Waals surface area contributed by atoms with Gasteiger partial charge in [0.2, 0.25) is 11.9 Å². The molecule has 1 fully saturated rings. The summed E-state index contributed by atoms with van der Waals surface area (Å²) in [5, 5.41) is 11.5. The van der Waals surface area contributed by atoms with E-state index in [2.05, 4.69) is 20.4 Å². The second-order valence-corrected chi connectivity index (χ2v) is 6.43. The molecule has 2 aromatic heterocycles. The van der Waals surface area contributed by atoms with Gasteiger partial charge < -0.3 is 15.0 Å². The molecule has 1 N–H and O–H groups in total. The van der Waals surface area contributed by atoms with Gasteiger partial charge in [-0.2, -0.15) is 0 Å². The summed E-state index contributed by atoms with van der Waals surface area (Å²) in [5.41, 5.74) is 1.59. The fraction of sp³-hybridized carbons (Fsp3) is 0.316. The molecule has 1 atom stereocenters. The monoisotopic (exact) mass is 351 g/mol. The van der Waals surface area contributed by atoms with Crippen molar-refractivity contribution < 1.29 is 9.53 Å². The van der Waals surface area contributed by atoms with Crippen LogP contribution in [0.25, 0.3) is 5.65 Å². The van der Waals surface area contributed by atoms with Crippen LogP contribution in [0.15, 0.2) is 48.7 Å². The standard InChI is InChI=1S/C19H21N5O2/c1-26-16-9-7-15(8-10-16)20-18(25)14-5-4-11-23(13-14)19-22-21-17-6-2-3-12-24(17)19/h2-3,6-10,12,14H,4-5,11,13H2,1H3,(H,20,25)/t14-/m1/s1. The van der Waals surface area contributed by atoms with Crippen LogP contribution < -0.4 is 15.0 Å². The minimum atomic E-state index is -0.0816. The van der Waals surface area contributed by atoms with Crippen molar-refractivity contribution in [2.45, 2.75) is 12.8 Å². The number of piperidine rings is 1. The predicted molar refractivity (Wildman–Crippen MR) is 99.5 cm³/mol. The Morgan fingerprint density at radius 1 is 1.19 bits per heavy atom. The Bertz CT molecular complexity index is 906. The smallest absolute Gasteiger partial charge is 0.231 e. The number of nitrogens with zero attached hydrogens (tertiary/aromatic N) is 4. The summed E-state index contributed by atoms with van der Waals surface area (Å²) >= 11 is 0. The van der Waals surface area contributed by atoms with E-state index in [1.54, 1.807) is 7.11 Å². The molecule has 1 amide bonds. The summed E-state index contributed by atoms with van der Waals surface area (Å²) in [5.74, 6) is 1.52. The lowest BCUT2D eigenvalue weighted by Crippen LogP contribution is -2.41. The highest BCUT2D eigenvalue weighted by Gasteiger charge is 2.28. The minimum Gasteiger partial charge on any atom is -0.497 e. The van der Waals surface area contributed by atoms with Crippen LogP contribution >= 0.6 is 0 Å². The highest BCUT2D eigenvalue weighted by Crippen LogP contribution is 2.24. The first kappa shape index (κ1) is 16.4. The zero-order chi connectivity index (χ0) is 17.9. The second-order valence-electron chi connectivity index (χ2n) is 6.43. The van der Waals surface area contributed by atoms with Crippen LogP contribution in [0.5, 0.6) is 5.75 Å². The minimum absolute atomic E-state index is 0.0358. The van der Waals surface area contributed by atoms with Gasteiger partial charge >= 0.3 is 0 Å². The van der Waals surface area contributed by atoms with E-state index < -0.39 is 0 Å². The Balaban J connectivity index is 1.46. The first-order valence-corrected chi connectivity index (χ1v) is 8.74. The van der Waals surface area contributed by atoms with E-state index in [9.17, 15) is 4.79 Å². The summed E-state index contributed by atoms with van der Waals surface area (Å²) in [6.45, 7) is 1.51. The topological polar surface area (TPSA) is 71.8 Å². The molecule has 3 heterocycles. The summed E-state index contributed by atoms with van der Waals surface area (Å²) in [7, 11) is 1.62. The highest BCUT2D eigenvalue weighted by atomic mass is 16.5. The van der Waals surface area contributed by atoms with E-state index in [1.165, 1.54) is 0 Å². The zero-order valence-electron chi connectivity index (χ0n) is 14.6. The van der Waals surface area contributed by atoms with Crippen molar-refractivity contribution in [2.75, 3.05) is 30.4 Å². The van der Waals surface area contributed by atoms with Gasteiger partial charge in [0.05, 0.1) is 13.0 Å². The van der Waals surface area contributed by atoms with E-state index in [0.29, 0.717) is 6.54 Å². The number of ether oxygens (including phenoxy) is 1. The maximum atomic E-state index is 12.7. The number of pyridine rings is 1. The van der Waals surface area contributed by atoms with Crippen LogP contribution in [0.1, 0.15) is 12.8 Å². The third-order valence-electron chi connectivity index (χ3n) is 4.73. The molecule has 1 saturated heterocycles. The van der Waals surface area contributed by atoms with Crippen LogP contribution in [-0.2, 0) is 4.79 Å². The van der Waals surface area contributed by atoms with Gasteiger partial charge in [0.25, 0.3) is 0 Å². The van der Waals surface area contributed by atoms with Crippen molar-refractivity contribution in [3.8, 4) is 5.75 Å². The average molecular weight is 351 g/mol. The lowest BCUT2D eigenvalue weighted by molar-refractivity contribution is -0.120. The number of methoxy groups -OCH3 is 1. The Morgan fingerprint density at radius 3 is 2.85 bits per heavy atom. The van der Waals surface area contributed by atoms with Crippen LogP contribution in [-0.4, -0.2) is 40.7 Å². The van der Waals surface area contributed by atoms with Crippen molar-refractivity contribution >= 4 is 23.2 Å². The summed E-state index contributed by atoms with van der Waals surface area (Å²) in [6, 6.07) is 13.2. The molecule has 0 spiro atoms. The van der Waals surface area contributed by atoms with Gasteiger partial charge in [-0.05, 0) is 49.2 Å². The summed E-state index contributed by atoms with van der Waals surface area (Å²) in [4.78, 5) is 14.8. The molecule has 0 unspecified atom stereocenters. The Kier molecular flexibility index (Phi) is 4.43. The Hall–Kier alpha value is -3.09. The first-order valence-electron chi connectivity index (χ1n) is 8.74. The molecule has 3 aromatic rings. The van der Waals surface area contributed by atoms with Gasteiger partial charge in [0.1, 0.15) is 5.75 Å². The number of amides is 1. The van der Waals surface area contributed by atoms with Gasteiger partial charge in [-0.15, -0.1) is 10.2 Å². The first-order chi connectivity index (χ1) is 12.7. The largest absolute Gasteiger partial charge is 0.497 e. The van der Waals surface area contributed by atoms with E-state index in [0.717, 1.165) is 42.4 Å². The fourth-order valence-electron chi connectivity index (χ4n) is 3.34. The number of benzene rings is 1. The normalized spacial score (nSPS) is 17.3. The molecule has 0 saturated carbocycles. The molecule has 1 aliphatic rings. The molecule has 1 aliphatic heterocycles. The molecule has 134 valence electrons. The molecule has 0 aliphatic carbocycles. The van der Waals surface area contributed by atoms with Crippen molar-refractivity contribution in [3.63, 3.8) is 0 Å². The number of carbonyl (C=O) groups excluding carboxylic acids is 1. The highest BCUT2D eigenvalue weighted by molar-refractivity contribution is 5.93. The third-order valence-corrected chi connectivity index (χ3v) is 4.73. The van der Waals surface area contributed by atoms with Crippen LogP contribution in [0, 0.1) is 5.92 Å². The average Bonchev–Trinajstić information content (AvgIpc) is 3.13. The van der Waals surface area contributed by atoms with Crippen molar-refractivity contribution in [3.05, 3.63) is 48.7 Å². The quantitative estimate of drug-likeness (QED) is 0.782. The number of rotatable bonds is 4. The molecule has 7 nitrogen and oxygen atoms in total. The molecule has 0 bridgehead atoms. The summed E-state index contributed by atoms with van der Waals surface area (Å²) in [6.07, 6.45) is 3.77. The van der Waals surface area contributed by atoms with E-state index >= 15 is 0 Å². The van der Waals surface area contributed by atoms with E-state index in [4.69, 9.17) is 4.74 Å². The van der Waals surface area contributed by atoms with Crippen LogP contribution in [0.3, 0.4) is 0 Å². The van der Waals surface area contributed by atoms with Crippen LogP contribution in [0.2, 0.25) is 0 Å². The lowest BCUT2D eigenvalue weighted by atomic mass is 9.97. The SMILES string of the molecule is COc1ccc(NC(=O)[C@@H]2CCCN(c3nnc4ccccn34)C2)cc1. The van der Waals surface area contributed by atoms with Crippen molar-refractivity contribution in [1.29, 1.82) is 0 Å². The second kappa shape index (κ2) is 7.03. The van der Waals surface area contributed by atoms with E-state index in [1.807, 2.05) is 53.1 Å². The van der Waals surface area contributed by atoms with Gasteiger partial charge in [0.15, 0.2) is 5.65 Å². The van der Waals surface area contributed by atoms with Crippen LogP contribution in [0.4, 0.5) is 11.6 Å². The van der Waals surface area contributed by atoms with Gasteiger partial charge in [-0.1, -0.05) is 6.07 Å². The molecule has 0 radical (unpaired) electrons. The molecule has 26 heavy (non-hydrogen) atoms. The van der Waals surface area contributed by atoms with Gasteiger partial charge in [-0.25, -0.2) is 0 Å². The molecule has 7 heteroatoms. The molecule has 1 aromatic carbocycles. The predicted octanol–water partition coefficient (Wildman–Crippen LogP) is 2.59. The number of nitrogens with one attached hydrogen (secondary N) is 1. The van der Waals surface area contributed by atoms with Gasteiger partial charge in [0, 0.05) is 25.0 Å². The number of anilines is 2. The lowest BCUT2D eigenvalue weighted by Gasteiger charge is -2.32. The third kappa shape index (κ3) is 3.20. The van der Waals surface area contributed by atoms with Crippen molar-refractivity contribution in [1.82, 2.24) is 14.6 Å². The summed E-state index contributed by atoms with van der Waals surface area (Å²) < 4.78 is 7.11. The van der Waals surface area contributed by atoms with E-state index in [-0.39, 0.29) is 11.8 Å². The maximum Gasteiger partial charge on any atom is 0.231 e. The van der Waals surface area contributed by atoms with Gasteiger partial charge in [-0.3, -0.25) is 9.20 Å². The maximum absolute atomic E-state index is 12.7. The Morgan fingerprint density at radius 2 is 2.04 bits per heavy atom. The number of fused-ring (bicyclic) bond motifs is 1. The molecule has 4 rings (SSSR count). The molecular weight excluding hydrogens is 330 g/mol. The number of hydrogen-bond acceptors (Lipinski definition) is 5. The zero-order valence-corrected chi connectivity index (χ0v) is 14.6. The number of hydrogen-bond donors (Lipinski definition) is 1. The molecular formula is C19H21N5O2. The number of carbonyl (C=O) groups is 1. The number of aromatic nitrogens is 3. The fourth-order valence-corrected chi connectivity index (χ4v) is 3.34. The van der Waals surface area contributed by atoms with Crippen molar-refractivity contribution in [2.24, 2.45) is 5.92 Å².